The van der Waals surface area contributed by atoms with E-state index < -0.39 is 0 Å². The average Bonchev–Trinajstić information content (AvgIpc) is 2.17. The lowest BCUT2D eigenvalue weighted by Gasteiger charge is -1.85. The molecule has 0 aliphatic carbocycles. The topological polar surface area (TPSA) is 12.9 Å². The van der Waals surface area contributed by atoms with Gasteiger partial charge in [-0.05, 0) is 19.8 Å². The molecule has 9 heavy (non-hydrogen) atoms. The fourth-order valence-electron chi connectivity index (χ4n) is 0.678. The predicted octanol–water partition coefficient (Wildman–Crippen LogP) is 2.28. The van der Waals surface area contributed by atoms with Crippen molar-refractivity contribution in [2.24, 2.45) is 0 Å². The molecule has 1 heterocycles. The molecule has 1 aromatic rings. The Balaban J connectivity index is 2.61. The minimum atomic E-state index is 0.906. The van der Waals surface area contributed by atoms with E-state index in [0.717, 1.165) is 12.1 Å². The van der Waals surface area contributed by atoms with E-state index in [-0.39, 0.29) is 0 Å². The van der Waals surface area contributed by atoms with Crippen molar-refractivity contribution in [3.63, 3.8) is 0 Å². The Hall–Kier alpha value is -0.370. The van der Waals surface area contributed by atoms with Crippen LogP contribution in [0.4, 0.5) is 0 Å². The monoisotopic (exact) mass is 140 g/mol. The molecule has 0 unspecified atom stereocenters. The van der Waals surface area contributed by atoms with Crippen LogP contribution >= 0.6 is 11.3 Å². The molecule has 0 saturated carbocycles. The Morgan fingerprint density at radius 2 is 2.56 bits per heavy atom. The third kappa shape index (κ3) is 1.79. The summed E-state index contributed by atoms with van der Waals surface area (Å²) in [5.74, 6) is 0. The van der Waals surface area contributed by atoms with E-state index in [1.54, 1.807) is 11.3 Å². The summed E-state index contributed by atoms with van der Waals surface area (Å²) in [5, 5.41) is 3.20. The number of aromatic nitrogens is 1. The summed E-state index contributed by atoms with van der Waals surface area (Å²) in [4.78, 5) is 4.21. The van der Waals surface area contributed by atoms with E-state index in [1.165, 1.54) is 11.4 Å². The summed E-state index contributed by atoms with van der Waals surface area (Å²) in [6.45, 7) is 5.88. The standard InChI is InChI=1S/C7H10NS/c1-3-4-7-8-6(2)5-9-7/h5H,2-4H2,1H3. The molecule has 0 aliphatic heterocycles. The summed E-state index contributed by atoms with van der Waals surface area (Å²) in [7, 11) is 0. The largest absolute Gasteiger partial charge is 0.246 e. The van der Waals surface area contributed by atoms with Gasteiger partial charge in [0.05, 0.1) is 10.7 Å². The molecule has 0 amide bonds. The minimum absolute atomic E-state index is 0.906. The van der Waals surface area contributed by atoms with Gasteiger partial charge in [0.1, 0.15) is 0 Å². The van der Waals surface area contributed by atoms with Crippen LogP contribution in [0, 0.1) is 6.92 Å². The first-order valence-corrected chi connectivity index (χ1v) is 3.97. The maximum atomic E-state index is 4.21. The molecule has 0 spiro atoms. The van der Waals surface area contributed by atoms with E-state index in [0.29, 0.717) is 0 Å². The summed E-state index contributed by atoms with van der Waals surface area (Å²) in [5.41, 5.74) is 0.906. The smallest absolute Gasteiger partial charge is 0.0928 e. The number of hydrogen-bond donors (Lipinski definition) is 0. The van der Waals surface area contributed by atoms with Crippen LogP contribution in [0.2, 0.25) is 0 Å². The van der Waals surface area contributed by atoms with Crippen molar-refractivity contribution in [1.82, 2.24) is 4.98 Å². The molecule has 1 nitrogen and oxygen atoms in total. The van der Waals surface area contributed by atoms with Crippen LogP contribution in [0.3, 0.4) is 0 Å². The lowest BCUT2D eigenvalue weighted by Crippen LogP contribution is -1.79. The number of hydrogen-bond acceptors (Lipinski definition) is 2. The molecule has 1 aromatic heterocycles. The van der Waals surface area contributed by atoms with E-state index >= 15 is 0 Å². The van der Waals surface area contributed by atoms with Crippen LogP contribution in [-0.4, -0.2) is 4.98 Å². The van der Waals surface area contributed by atoms with Crippen molar-refractivity contribution in [3.8, 4) is 0 Å². The Morgan fingerprint density at radius 1 is 1.78 bits per heavy atom. The molecule has 49 valence electrons. The van der Waals surface area contributed by atoms with Gasteiger partial charge in [0.2, 0.25) is 0 Å². The quantitative estimate of drug-likeness (QED) is 0.614. The number of aryl methyl sites for hydroxylation is 1. The van der Waals surface area contributed by atoms with Crippen molar-refractivity contribution in [2.75, 3.05) is 0 Å². The van der Waals surface area contributed by atoms with E-state index in [1.807, 2.05) is 5.38 Å². The van der Waals surface area contributed by atoms with Crippen LogP contribution in [-0.2, 0) is 6.42 Å². The highest BCUT2D eigenvalue weighted by Crippen LogP contribution is 2.09. The Labute approximate surface area is 59.8 Å². The van der Waals surface area contributed by atoms with Crippen LogP contribution in [0.15, 0.2) is 5.38 Å². The first-order chi connectivity index (χ1) is 4.33. The molecule has 0 fully saturated rings. The van der Waals surface area contributed by atoms with Gasteiger partial charge in [-0.1, -0.05) is 6.92 Å². The fourth-order valence-corrected chi connectivity index (χ4v) is 1.49. The van der Waals surface area contributed by atoms with Gasteiger partial charge in [-0.15, -0.1) is 11.3 Å². The zero-order valence-corrected chi connectivity index (χ0v) is 6.37. The average molecular weight is 140 g/mol. The van der Waals surface area contributed by atoms with E-state index in [4.69, 9.17) is 0 Å². The highest BCUT2D eigenvalue weighted by molar-refractivity contribution is 7.09. The van der Waals surface area contributed by atoms with Crippen LogP contribution in [0.25, 0.3) is 0 Å². The number of thiazole rings is 1. The van der Waals surface area contributed by atoms with Gasteiger partial charge < -0.3 is 0 Å². The second kappa shape index (κ2) is 2.97. The van der Waals surface area contributed by atoms with Crippen LogP contribution in [0.1, 0.15) is 24.0 Å². The zero-order valence-electron chi connectivity index (χ0n) is 5.55. The predicted molar refractivity (Wildman–Crippen MR) is 40.6 cm³/mol. The molecular formula is C7H10NS. The van der Waals surface area contributed by atoms with Gasteiger partial charge in [0.25, 0.3) is 0 Å². The summed E-state index contributed by atoms with van der Waals surface area (Å²) >= 11 is 1.70. The summed E-state index contributed by atoms with van der Waals surface area (Å²) < 4.78 is 0. The molecule has 0 aliphatic rings. The summed E-state index contributed by atoms with van der Waals surface area (Å²) in [6.07, 6.45) is 2.27. The maximum Gasteiger partial charge on any atom is 0.0928 e. The molecule has 0 bridgehead atoms. The molecule has 1 rings (SSSR count). The van der Waals surface area contributed by atoms with Gasteiger partial charge in [0, 0.05) is 5.38 Å². The lowest BCUT2D eigenvalue weighted by molar-refractivity contribution is 0.906. The SMILES string of the molecule is [CH2]c1csc(CCC)n1. The van der Waals surface area contributed by atoms with Gasteiger partial charge in [-0.2, -0.15) is 0 Å². The molecule has 0 saturated heterocycles. The number of rotatable bonds is 2. The second-order valence-electron chi connectivity index (χ2n) is 1.98. The number of nitrogens with zero attached hydrogens (tertiary/aromatic N) is 1. The van der Waals surface area contributed by atoms with Crippen molar-refractivity contribution >= 4 is 11.3 Å². The molecule has 0 aromatic carbocycles. The summed E-state index contributed by atoms with van der Waals surface area (Å²) in [6, 6.07) is 0. The van der Waals surface area contributed by atoms with Crippen molar-refractivity contribution in [1.29, 1.82) is 0 Å². The Kier molecular flexibility index (Phi) is 2.22. The molecular weight excluding hydrogens is 130 g/mol. The third-order valence-electron chi connectivity index (χ3n) is 1.06. The van der Waals surface area contributed by atoms with E-state index in [2.05, 4.69) is 18.8 Å². The molecule has 0 N–H and O–H groups in total. The third-order valence-corrected chi connectivity index (χ3v) is 2.02. The maximum absolute atomic E-state index is 4.21. The van der Waals surface area contributed by atoms with Gasteiger partial charge in [-0.25, -0.2) is 4.98 Å². The Morgan fingerprint density at radius 3 is 3.00 bits per heavy atom. The highest BCUT2D eigenvalue weighted by atomic mass is 32.1. The normalized spacial score (nSPS) is 10.0. The van der Waals surface area contributed by atoms with Crippen molar-refractivity contribution < 1.29 is 0 Å². The van der Waals surface area contributed by atoms with Gasteiger partial charge >= 0.3 is 0 Å². The first kappa shape index (κ1) is 6.75. The van der Waals surface area contributed by atoms with Gasteiger partial charge in [0.15, 0.2) is 0 Å². The van der Waals surface area contributed by atoms with Gasteiger partial charge in [-0.3, -0.25) is 0 Å². The van der Waals surface area contributed by atoms with Crippen molar-refractivity contribution in [3.05, 3.63) is 23.0 Å². The molecule has 0 atom stereocenters. The zero-order chi connectivity index (χ0) is 6.69. The second-order valence-corrected chi connectivity index (χ2v) is 2.93. The minimum Gasteiger partial charge on any atom is -0.246 e. The molecule has 1 radical (unpaired) electrons. The fraction of sp³-hybridized carbons (Fsp3) is 0.429. The Bertz CT molecular complexity index is 181. The van der Waals surface area contributed by atoms with E-state index in [9.17, 15) is 0 Å². The lowest BCUT2D eigenvalue weighted by atomic mass is 10.3. The van der Waals surface area contributed by atoms with Crippen LogP contribution < -0.4 is 0 Å². The highest BCUT2D eigenvalue weighted by Gasteiger charge is 1.94. The van der Waals surface area contributed by atoms with Crippen molar-refractivity contribution in [2.45, 2.75) is 19.8 Å². The van der Waals surface area contributed by atoms with Crippen LogP contribution in [0.5, 0.6) is 0 Å². The first-order valence-electron chi connectivity index (χ1n) is 3.09. The molecule has 2 heteroatoms.